The number of fused-ring (bicyclic) bond motifs is 2. The van der Waals surface area contributed by atoms with Crippen molar-refractivity contribution in [2.45, 2.75) is 38.6 Å². The van der Waals surface area contributed by atoms with E-state index in [4.69, 9.17) is 0 Å². The van der Waals surface area contributed by atoms with Gasteiger partial charge in [-0.2, -0.15) is 0 Å². The fourth-order valence-electron chi connectivity index (χ4n) is 3.15. The number of carbonyl (C=O) groups is 1. The zero-order valence-corrected chi connectivity index (χ0v) is 14.2. The van der Waals surface area contributed by atoms with E-state index in [0.29, 0.717) is 0 Å². The van der Waals surface area contributed by atoms with Gasteiger partial charge in [0.2, 0.25) is 0 Å². The van der Waals surface area contributed by atoms with Crippen LogP contribution in [-0.4, -0.2) is 20.3 Å². The number of aromatic amines is 1. The van der Waals surface area contributed by atoms with E-state index in [1.165, 1.54) is 0 Å². The number of nitrogens with zero attached hydrogens (tertiary/aromatic N) is 2. The van der Waals surface area contributed by atoms with Gasteiger partial charge in [0.1, 0.15) is 5.56 Å². The number of imidazole rings is 1. The summed E-state index contributed by atoms with van der Waals surface area (Å²) in [4.78, 5) is 33.0. The van der Waals surface area contributed by atoms with Crippen molar-refractivity contribution in [1.82, 2.24) is 19.7 Å². The Labute approximate surface area is 142 Å². The molecule has 24 heavy (non-hydrogen) atoms. The first-order valence-corrected chi connectivity index (χ1v) is 8.98. The molecule has 0 spiro atoms. The quantitative estimate of drug-likeness (QED) is 0.767. The Kier molecular flexibility index (Phi) is 3.72. The summed E-state index contributed by atoms with van der Waals surface area (Å²) in [5.41, 5.74) is 2.71. The third-order valence-corrected chi connectivity index (χ3v) is 5.26. The van der Waals surface area contributed by atoms with Crippen LogP contribution in [0.25, 0.3) is 4.96 Å². The van der Waals surface area contributed by atoms with E-state index in [-0.39, 0.29) is 23.1 Å². The fraction of sp³-hybridized carbons (Fsp3) is 0.353. The molecule has 2 N–H and O–H groups in total. The lowest BCUT2D eigenvalue weighted by atomic mass is 9.95. The second-order valence-corrected chi connectivity index (χ2v) is 7.05. The molecule has 0 saturated heterocycles. The summed E-state index contributed by atoms with van der Waals surface area (Å²) in [6.07, 6.45) is 7.81. The van der Waals surface area contributed by atoms with Gasteiger partial charge in [-0.15, -0.1) is 11.3 Å². The molecule has 3 aromatic heterocycles. The summed E-state index contributed by atoms with van der Waals surface area (Å²) in [5.74, 6) is -0.353. The smallest absolute Gasteiger partial charge is 0.261 e. The first-order chi connectivity index (χ1) is 11.6. The highest BCUT2D eigenvalue weighted by Gasteiger charge is 2.20. The van der Waals surface area contributed by atoms with E-state index in [0.717, 1.165) is 47.6 Å². The van der Waals surface area contributed by atoms with Crippen LogP contribution in [0.2, 0.25) is 0 Å². The lowest BCUT2D eigenvalue weighted by Crippen LogP contribution is -2.32. The highest BCUT2D eigenvalue weighted by molar-refractivity contribution is 7.15. The predicted molar refractivity (Wildman–Crippen MR) is 92.7 cm³/mol. The van der Waals surface area contributed by atoms with E-state index in [9.17, 15) is 9.59 Å². The van der Waals surface area contributed by atoms with Crippen molar-refractivity contribution >= 4 is 22.2 Å². The number of pyridine rings is 1. The van der Waals surface area contributed by atoms with Crippen LogP contribution in [0.15, 0.2) is 28.6 Å². The molecule has 0 aromatic carbocycles. The average molecular weight is 342 g/mol. The molecule has 1 atom stereocenters. The van der Waals surface area contributed by atoms with Crippen molar-refractivity contribution in [2.75, 3.05) is 0 Å². The van der Waals surface area contributed by atoms with Crippen molar-refractivity contribution in [1.29, 1.82) is 0 Å². The first-order valence-electron chi connectivity index (χ1n) is 8.10. The molecule has 3 aromatic rings. The number of carbonyl (C=O) groups excluding carboxylic acids is 1. The number of rotatable bonds is 3. The molecule has 1 amide bonds. The molecule has 3 heterocycles. The Bertz CT molecular complexity index is 940. The molecule has 1 aliphatic rings. The highest BCUT2D eigenvalue weighted by Crippen LogP contribution is 2.20. The zero-order chi connectivity index (χ0) is 16.7. The fourth-order valence-corrected chi connectivity index (χ4v) is 3.85. The molecule has 0 bridgehead atoms. The normalized spacial score (nSPS) is 15.2. The number of thiazole rings is 1. The highest BCUT2D eigenvalue weighted by atomic mass is 32.1. The Balaban J connectivity index is 1.57. The molecule has 0 unspecified atom stereocenters. The Morgan fingerprint density at radius 2 is 2.25 bits per heavy atom. The van der Waals surface area contributed by atoms with Crippen LogP contribution < -0.4 is 10.9 Å². The van der Waals surface area contributed by atoms with Gasteiger partial charge < -0.3 is 10.3 Å². The van der Waals surface area contributed by atoms with E-state index in [1.54, 1.807) is 17.4 Å². The number of nitrogens with one attached hydrogen (secondary N) is 2. The molecule has 4 rings (SSSR count). The van der Waals surface area contributed by atoms with Gasteiger partial charge in [0.25, 0.3) is 11.5 Å². The second-order valence-electron chi connectivity index (χ2n) is 6.18. The molecule has 124 valence electrons. The summed E-state index contributed by atoms with van der Waals surface area (Å²) in [5, 5.41) is 4.84. The topological polar surface area (TPSA) is 79.3 Å². The molecular weight excluding hydrogens is 324 g/mol. The van der Waals surface area contributed by atoms with Crippen molar-refractivity contribution < 1.29 is 4.79 Å². The summed E-state index contributed by atoms with van der Waals surface area (Å²) < 4.78 is 1.92. The van der Waals surface area contributed by atoms with Gasteiger partial charge in [0.05, 0.1) is 11.7 Å². The van der Waals surface area contributed by atoms with Crippen molar-refractivity contribution in [3.63, 3.8) is 0 Å². The Morgan fingerprint density at radius 3 is 3.08 bits per heavy atom. The number of aryl methyl sites for hydroxylation is 2. The Hall–Kier alpha value is -2.41. The number of hydrogen-bond acceptors (Lipinski definition) is 4. The third kappa shape index (κ3) is 2.65. The molecule has 0 radical (unpaired) electrons. The van der Waals surface area contributed by atoms with Crippen LogP contribution in [0.5, 0.6) is 0 Å². The van der Waals surface area contributed by atoms with Gasteiger partial charge >= 0.3 is 0 Å². The number of hydrogen-bond donors (Lipinski definition) is 2. The van der Waals surface area contributed by atoms with Crippen molar-refractivity contribution in [3.05, 3.63) is 56.7 Å². The summed E-state index contributed by atoms with van der Waals surface area (Å²) in [6, 6.07) is 1.49. The predicted octanol–water partition coefficient (Wildman–Crippen LogP) is 2.45. The minimum atomic E-state index is -0.353. The van der Waals surface area contributed by atoms with Crippen LogP contribution in [0.4, 0.5) is 0 Å². The maximum absolute atomic E-state index is 12.5. The van der Waals surface area contributed by atoms with Gasteiger partial charge in [-0.1, -0.05) is 0 Å². The third-order valence-electron chi connectivity index (χ3n) is 4.49. The van der Waals surface area contributed by atoms with E-state index >= 15 is 0 Å². The molecule has 0 saturated carbocycles. The number of amides is 1. The first kappa shape index (κ1) is 15.1. The zero-order valence-electron chi connectivity index (χ0n) is 13.3. The molecule has 1 aliphatic carbocycles. The molecular formula is C17H18N4O2S. The van der Waals surface area contributed by atoms with Crippen molar-refractivity contribution in [3.8, 4) is 0 Å². The lowest BCUT2D eigenvalue weighted by molar-refractivity contribution is 0.0937. The van der Waals surface area contributed by atoms with Crippen LogP contribution in [0.3, 0.4) is 0 Å². The summed E-state index contributed by atoms with van der Waals surface area (Å²) >= 11 is 1.54. The van der Waals surface area contributed by atoms with Gasteiger partial charge in [-0.25, -0.2) is 4.98 Å². The van der Waals surface area contributed by atoms with E-state index in [1.807, 2.05) is 29.1 Å². The van der Waals surface area contributed by atoms with E-state index in [2.05, 4.69) is 15.3 Å². The SMILES string of the molecule is C[C@@H](NC(=O)c1cc2c([nH]c1=O)CCCC2)c1cn2ccsc2n1. The minimum absolute atomic E-state index is 0.184. The molecule has 6 nitrogen and oxygen atoms in total. The maximum Gasteiger partial charge on any atom is 0.261 e. The second kappa shape index (κ2) is 5.90. The largest absolute Gasteiger partial charge is 0.344 e. The minimum Gasteiger partial charge on any atom is -0.344 e. The van der Waals surface area contributed by atoms with Gasteiger partial charge in [0, 0.05) is 23.5 Å². The number of aromatic nitrogens is 3. The van der Waals surface area contributed by atoms with Crippen LogP contribution in [0.1, 0.15) is 53.1 Å². The van der Waals surface area contributed by atoms with Crippen LogP contribution in [0, 0.1) is 0 Å². The molecule has 0 fully saturated rings. The summed E-state index contributed by atoms with van der Waals surface area (Å²) in [6.45, 7) is 1.87. The van der Waals surface area contributed by atoms with Crippen LogP contribution in [-0.2, 0) is 12.8 Å². The monoisotopic (exact) mass is 342 g/mol. The van der Waals surface area contributed by atoms with Crippen LogP contribution >= 0.6 is 11.3 Å². The Morgan fingerprint density at radius 1 is 1.42 bits per heavy atom. The van der Waals surface area contributed by atoms with Gasteiger partial charge in [0.15, 0.2) is 4.96 Å². The van der Waals surface area contributed by atoms with Gasteiger partial charge in [-0.3, -0.25) is 14.0 Å². The maximum atomic E-state index is 12.5. The number of H-pyrrole nitrogens is 1. The summed E-state index contributed by atoms with van der Waals surface area (Å²) in [7, 11) is 0. The van der Waals surface area contributed by atoms with Crippen molar-refractivity contribution in [2.24, 2.45) is 0 Å². The lowest BCUT2D eigenvalue weighted by Gasteiger charge is -2.17. The standard InChI is InChI=1S/C17H18N4O2S/c1-10(14-9-21-6-7-24-17(21)20-14)18-15(22)12-8-11-4-2-3-5-13(11)19-16(12)23/h6-10H,2-5H2,1H3,(H,18,22)(H,19,23)/t10-/m1/s1. The molecule has 0 aliphatic heterocycles. The average Bonchev–Trinajstić information content (AvgIpc) is 3.15. The van der Waals surface area contributed by atoms with E-state index < -0.39 is 0 Å². The van der Waals surface area contributed by atoms with Gasteiger partial charge in [-0.05, 0) is 44.2 Å². The molecule has 7 heteroatoms.